The van der Waals surface area contributed by atoms with Crippen LogP contribution in [0.25, 0.3) is 0 Å². The second-order valence-corrected chi connectivity index (χ2v) is 6.65. The molecule has 6 nitrogen and oxygen atoms in total. The van der Waals surface area contributed by atoms with Gasteiger partial charge in [0.2, 0.25) is 0 Å². The molecule has 0 aliphatic carbocycles. The Morgan fingerprint density at radius 2 is 1.68 bits per heavy atom. The zero-order valence-electron chi connectivity index (χ0n) is 17.0. The number of hydrogen-bond donors (Lipinski definition) is 1. The van der Waals surface area contributed by atoms with E-state index in [2.05, 4.69) is 12.2 Å². The Bertz CT molecular complexity index is 801. The number of unbranched alkanes of at least 4 members (excludes halogenated alkanes) is 1. The van der Waals surface area contributed by atoms with E-state index in [1.54, 1.807) is 51.5 Å². The Labute approximate surface area is 166 Å². The van der Waals surface area contributed by atoms with Crippen molar-refractivity contribution in [2.75, 3.05) is 27.8 Å². The fraction of sp³-hybridized carbons (Fsp3) is 0.364. The highest BCUT2D eigenvalue weighted by molar-refractivity contribution is 5.95. The summed E-state index contributed by atoms with van der Waals surface area (Å²) in [5, 5.41) is 2.88. The molecule has 150 valence electrons. The van der Waals surface area contributed by atoms with Crippen molar-refractivity contribution in [3.8, 4) is 11.5 Å². The normalized spacial score (nSPS) is 10.3. The van der Waals surface area contributed by atoms with Gasteiger partial charge in [-0.05, 0) is 42.3 Å². The lowest BCUT2D eigenvalue weighted by Crippen LogP contribution is -2.23. The molecular weight excluding hydrogens is 356 g/mol. The smallest absolute Gasteiger partial charge is 0.253 e. The first-order chi connectivity index (χ1) is 13.5. The molecule has 0 saturated carbocycles. The van der Waals surface area contributed by atoms with Crippen LogP contribution in [0.1, 0.15) is 46.0 Å². The van der Waals surface area contributed by atoms with E-state index in [1.165, 1.54) is 4.90 Å². The van der Waals surface area contributed by atoms with E-state index in [0.29, 0.717) is 35.8 Å². The van der Waals surface area contributed by atoms with Crippen LogP contribution in [0.15, 0.2) is 42.5 Å². The number of methoxy groups -OCH3 is 1. The number of ether oxygens (including phenoxy) is 2. The predicted octanol–water partition coefficient (Wildman–Crippen LogP) is 3.51. The van der Waals surface area contributed by atoms with Crippen molar-refractivity contribution < 1.29 is 19.1 Å². The minimum Gasteiger partial charge on any atom is -0.493 e. The van der Waals surface area contributed by atoms with Crippen molar-refractivity contribution in [1.29, 1.82) is 0 Å². The van der Waals surface area contributed by atoms with Gasteiger partial charge in [-0.3, -0.25) is 9.59 Å². The summed E-state index contributed by atoms with van der Waals surface area (Å²) < 4.78 is 11.0. The van der Waals surface area contributed by atoms with E-state index in [9.17, 15) is 9.59 Å². The Morgan fingerprint density at radius 1 is 1.00 bits per heavy atom. The molecule has 0 bridgehead atoms. The molecule has 0 atom stereocenters. The first-order valence-corrected chi connectivity index (χ1v) is 9.36. The number of carbonyl (C=O) groups excluding carboxylic acids is 2. The molecule has 0 saturated heterocycles. The average Bonchev–Trinajstić information content (AvgIpc) is 2.72. The molecule has 0 spiro atoms. The Balaban J connectivity index is 1.98. The molecule has 1 N–H and O–H groups in total. The summed E-state index contributed by atoms with van der Waals surface area (Å²) >= 11 is 0. The summed E-state index contributed by atoms with van der Waals surface area (Å²) in [6.07, 6.45) is 2.01. The Morgan fingerprint density at radius 3 is 2.29 bits per heavy atom. The second kappa shape index (κ2) is 10.3. The van der Waals surface area contributed by atoms with Crippen LogP contribution < -0.4 is 14.8 Å². The quantitative estimate of drug-likeness (QED) is 0.672. The number of carbonyl (C=O) groups is 2. The van der Waals surface area contributed by atoms with Crippen LogP contribution >= 0.6 is 0 Å². The van der Waals surface area contributed by atoms with Gasteiger partial charge in [0.25, 0.3) is 11.8 Å². The molecule has 0 heterocycles. The molecule has 2 aromatic carbocycles. The van der Waals surface area contributed by atoms with Crippen LogP contribution in [-0.2, 0) is 6.54 Å². The van der Waals surface area contributed by atoms with Gasteiger partial charge in [0.05, 0.1) is 13.7 Å². The van der Waals surface area contributed by atoms with Gasteiger partial charge in [0, 0.05) is 31.8 Å². The maximum absolute atomic E-state index is 12.5. The molecule has 2 amide bonds. The van der Waals surface area contributed by atoms with Crippen LogP contribution in [0.2, 0.25) is 0 Å². The summed E-state index contributed by atoms with van der Waals surface area (Å²) in [5.41, 5.74) is 2.03. The van der Waals surface area contributed by atoms with E-state index in [1.807, 2.05) is 12.1 Å². The average molecular weight is 384 g/mol. The highest BCUT2D eigenvalue weighted by Gasteiger charge is 2.12. The van der Waals surface area contributed by atoms with Gasteiger partial charge in [-0.2, -0.15) is 0 Å². The molecule has 0 unspecified atom stereocenters. The first kappa shape index (κ1) is 21.3. The van der Waals surface area contributed by atoms with Gasteiger partial charge in [0.15, 0.2) is 11.5 Å². The molecule has 28 heavy (non-hydrogen) atoms. The van der Waals surface area contributed by atoms with E-state index in [-0.39, 0.29) is 11.8 Å². The number of benzene rings is 2. The lowest BCUT2D eigenvalue weighted by Gasteiger charge is -2.12. The maximum atomic E-state index is 12.5. The van der Waals surface area contributed by atoms with Crippen LogP contribution in [0.3, 0.4) is 0 Å². The highest BCUT2D eigenvalue weighted by atomic mass is 16.5. The summed E-state index contributed by atoms with van der Waals surface area (Å²) in [6.45, 7) is 3.08. The molecule has 0 aromatic heterocycles. The van der Waals surface area contributed by atoms with Crippen molar-refractivity contribution >= 4 is 11.8 Å². The SMILES string of the molecule is CCCCOc1ccc(C(=O)NCc2ccc(C(=O)N(C)C)cc2)cc1OC. The molecule has 6 heteroatoms. The molecule has 0 aliphatic heterocycles. The topological polar surface area (TPSA) is 67.9 Å². The van der Waals surface area contributed by atoms with Gasteiger partial charge in [-0.1, -0.05) is 25.5 Å². The zero-order chi connectivity index (χ0) is 20.5. The highest BCUT2D eigenvalue weighted by Crippen LogP contribution is 2.28. The lowest BCUT2D eigenvalue weighted by atomic mass is 10.1. The number of rotatable bonds is 9. The monoisotopic (exact) mass is 384 g/mol. The Kier molecular flexibility index (Phi) is 7.87. The first-order valence-electron chi connectivity index (χ1n) is 9.36. The summed E-state index contributed by atoms with van der Waals surface area (Å²) in [5.74, 6) is 0.916. The predicted molar refractivity (Wildman–Crippen MR) is 109 cm³/mol. The lowest BCUT2D eigenvalue weighted by molar-refractivity contribution is 0.0827. The van der Waals surface area contributed by atoms with Crippen molar-refractivity contribution in [3.63, 3.8) is 0 Å². The van der Waals surface area contributed by atoms with Gasteiger partial charge >= 0.3 is 0 Å². The number of nitrogens with zero attached hydrogens (tertiary/aromatic N) is 1. The standard InChI is InChI=1S/C22H28N2O4/c1-5-6-13-28-19-12-11-18(14-20(19)27-4)21(25)23-15-16-7-9-17(10-8-16)22(26)24(2)3/h7-12,14H,5-6,13,15H2,1-4H3,(H,23,25). The molecule has 0 fully saturated rings. The van der Waals surface area contributed by atoms with Gasteiger partial charge in [0.1, 0.15) is 0 Å². The van der Waals surface area contributed by atoms with Crippen molar-refractivity contribution in [2.45, 2.75) is 26.3 Å². The summed E-state index contributed by atoms with van der Waals surface area (Å²) in [6, 6.07) is 12.3. The molecule has 2 aromatic rings. The molecule has 2 rings (SSSR count). The van der Waals surface area contributed by atoms with Gasteiger partial charge in [-0.15, -0.1) is 0 Å². The number of amides is 2. The maximum Gasteiger partial charge on any atom is 0.253 e. The minimum atomic E-state index is -0.202. The zero-order valence-corrected chi connectivity index (χ0v) is 17.0. The number of nitrogens with one attached hydrogen (secondary N) is 1. The largest absolute Gasteiger partial charge is 0.493 e. The van der Waals surface area contributed by atoms with Crippen LogP contribution in [0.4, 0.5) is 0 Å². The minimum absolute atomic E-state index is 0.0519. The van der Waals surface area contributed by atoms with Crippen LogP contribution in [-0.4, -0.2) is 44.5 Å². The van der Waals surface area contributed by atoms with Gasteiger partial charge < -0.3 is 19.7 Å². The third kappa shape index (κ3) is 5.74. The third-order valence-corrected chi connectivity index (χ3v) is 4.24. The molecule has 0 aliphatic rings. The van der Waals surface area contributed by atoms with E-state index < -0.39 is 0 Å². The van der Waals surface area contributed by atoms with E-state index >= 15 is 0 Å². The van der Waals surface area contributed by atoms with Crippen LogP contribution in [0, 0.1) is 0 Å². The van der Waals surface area contributed by atoms with E-state index in [4.69, 9.17) is 9.47 Å². The van der Waals surface area contributed by atoms with Crippen molar-refractivity contribution in [2.24, 2.45) is 0 Å². The summed E-state index contributed by atoms with van der Waals surface area (Å²) in [7, 11) is 4.98. The summed E-state index contributed by atoms with van der Waals surface area (Å²) in [4.78, 5) is 25.9. The Hall–Kier alpha value is -3.02. The van der Waals surface area contributed by atoms with Gasteiger partial charge in [-0.25, -0.2) is 0 Å². The fourth-order valence-electron chi connectivity index (χ4n) is 2.56. The second-order valence-electron chi connectivity index (χ2n) is 6.65. The molecular formula is C22H28N2O4. The molecule has 0 radical (unpaired) electrons. The van der Waals surface area contributed by atoms with E-state index in [0.717, 1.165) is 18.4 Å². The third-order valence-electron chi connectivity index (χ3n) is 4.24. The van der Waals surface area contributed by atoms with Crippen molar-refractivity contribution in [1.82, 2.24) is 10.2 Å². The fourth-order valence-corrected chi connectivity index (χ4v) is 2.56. The van der Waals surface area contributed by atoms with Crippen molar-refractivity contribution in [3.05, 3.63) is 59.2 Å². The number of hydrogen-bond acceptors (Lipinski definition) is 4. The van der Waals surface area contributed by atoms with Crippen LogP contribution in [0.5, 0.6) is 11.5 Å².